The Hall–Kier alpha value is -2.63. The van der Waals surface area contributed by atoms with Gasteiger partial charge in [-0.15, -0.1) is 0 Å². The summed E-state index contributed by atoms with van der Waals surface area (Å²) in [6, 6.07) is 11.2. The molecule has 0 bridgehead atoms. The largest absolute Gasteiger partial charge is 0.354 e. The zero-order valence-electron chi connectivity index (χ0n) is 15.8. The number of hydrogen-bond acceptors (Lipinski definition) is 4. The molecule has 27 heavy (non-hydrogen) atoms. The van der Waals surface area contributed by atoms with Gasteiger partial charge in [-0.25, -0.2) is 0 Å². The fourth-order valence-electron chi connectivity index (χ4n) is 3.52. The van der Waals surface area contributed by atoms with Crippen molar-refractivity contribution in [2.45, 2.75) is 57.4 Å². The first-order valence-electron chi connectivity index (χ1n) is 9.77. The van der Waals surface area contributed by atoms with Gasteiger partial charge in [-0.2, -0.15) is 0 Å². The number of hydrogen-bond donors (Lipinski definition) is 2. The van der Waals surface area contributed by atoms with Crippen LogP contribution in [0.4, 0.5) is 0 Å². The molecule has 0 aliphatic heterocycles. The molecule has 0 unspecified atom stereocenters. The Morgan fingerprint density at radius 2 is 1.89 bits per heavy atom. The first-order chi connectivity index (χ1) is 13.1. The van der Waals surface area contributed by atoms with Crippen LogP contribution in [0.3, 0.4) is 0 Å². The zero-order chi connectivity index (χ0) is 19.1. The van der Waals surface area contributed by atoms with Crippen LogP contribution < -0.4 is 10.6 Å². The molecular formula is C21H27N3O3. The van der Waals surface area contributed by atoms with E-state index in [-0.39, 0.29) is 11.7 Å². The Morgan fingerprint density at radius 3 is 2.59 bits per heavy atom. The third-order valence-electron chi connectivity index (χ3n) is 5.11. The molecule has 1 aromatic heterocycles. The smallest absolute Gasteiger partial charge is 0.290 e. The molecule has 0 radical (unpaired) electrons. The van der Waals surface area contributed by atoms with Crippen LogP contribution >= 0.6 is 0 Å². The van der Waals surface area contributed by atoms with E-state index in [9.17, 15) is 9.59 Å². The van der Waals surface area contributed by atoms with Gasteiger partial charge in [0.05, 0.1) is 0 Å². The number of benzene rings is 1. The van der Waals surface area contributed by atoms with Gasteiger partial charge in [0.15, 0.2) is 0 Å². The van der Waals surface area contributed by atoms with Crippen LogP contribution in [-0.2, 0) is 4.79 Å². The molecule has 3 rings (SSSR count). The number of nitrogens with one attached hydrogen (secondary N) is 2. The molecule has 6 nitrogen and oxygen atoms in total. The van der Waals surface area contributed by atoms with Crippen molar-refractivity contribution >= 4 is 11.8 Å². The molecule has 0 saturated heterocycles. The first kappa shape index (κ1) is 19.1. The molecule has 2 N–H and O–H groups in total. The minimum Gasteiger partial charge on any atom is -0.354 e. The second kappa shape index (κ2) is 8.84. The lowest BCUT2D eigenvalue weighted by atomic mass is 9.80. The van der Waals surface area contributed by atoms with E-state index < -0.39 is 11.4 Å². The van der Waals surface area contributed by atoms with Crippen LogP contribution in [-0.4, -0.2) is 29.1 Å². The predicted octanol–water partition coefficient (Wildman–Crippen LogP) is 3.69. The molecule has 0 spiro atoms. The van der Waals surface area contributed by atoms with Gasteiger partial charge in [0, 0.05) is 18.2 Å². The number of aromatic nitrogens is 1. The van der Waals surface area contributed by atoms with Gasteiger partial charge < -0.3 is 15.2 Å². The lowest BCUT2D eigenvalue weighted by molar-refractivity contribution is -0.128. The maximum absolute atomic E-state index is 12.8. The van der Waals surface area contributed by atoms with E-state index in [0.29, 0.717) is 25.1 Å². The van der Waals surface area contributed by atoms with E-state index in [1.54, 1.807) is 6.07 Å². The highest BCUT2D eigenvalue weighted by Gasteiger charge is 2.41. The fraction of sp³-hybridized carbons (Fsp3) is 0.476. The van der Waals surface area contributed by atoms with Crippen molar-refractivity contribution in [1.82, 2.24) is 15.8 Å². The van der Waals surface area contributed by atoms with E-state index >= 15 is 0 Å². The molecule has 1 fully saturated rings. The van der Waals surface area contributed by atoms with Crippen molar-refractivity contribution in [3.8, 4) is 11.3 Å². The summed E-state index contributed by atoms with van der Waals surface area (Å²) in [5.74, 6) is -0.357. The zero-order valence-corrected chi connectivity index (χ0v) is 15.8. The second-order valence-corrected chi connectivity index (χ2v) is 7.15. The molecule has 1 aliphatic rings. The average molecular weight is 369 g/mol. The molecule has 2 aromatic rings. The van der Waals surface area contributed by atoms with Crippen LogP contribution in [0.25, 0.3) is 11.3 Å². The number of unbranched alkanes of at least 4 members (excludes halogenated alkanes) is 1. The van der Waals surface area contributed by atoms with Crippen molar-refractivity contribution in [3.05, 3.63) is 42.2 Å². The van der Waals surface area contributed by atoms with Crippen LogP contribution in [0.15, 0.2) is 40.9 Å². The molecule has 1 aromatic carbocycles. The number of amides is 2. The van der Waals surface area contributed by atoms with E-state index in [0.717, 1.165) is 37.7 Å². The Labute approximate surface area is 159 Å². The highest BCUT2D eigenvalue weighted by atomic mass is 16.5. The lowest BCUT2D eigenvalue weighted by Gasteiger charge is -2.36. The molecule has 2 amide bonds. The normalized spacial score (nSPS) is 15.9. The molecular weight excluding hydrogens is 342 g/mol. The Kier molecular flexibility index (Phi) is 6.27. The standard InChI is InChI=1S/C21H27N3O3/c1-2-3-14-22-20(26)21(12-8-5-9-13-21)23-19(25)18-15-17(24-27-18)16-10-6-4-7-11-16/h4,6-7,10-11,15H,2-3,5,8-9,12-14H2,1H3,(H,22,26)(H,23,25). The highest BCUT2D eigenvalue weighted by molar-refractivity contribution is 5.98. The van der Waals surface area contributed by atoms with E-state index in [1.807, 2.05) is 30.3 Å². The van der Waals surface area contributed by atoms with Gasteiger partial charge in [0.2, 0.25) is 11.7 Å². The van der Waals surface area contributed by atoms with Crippen LogP contribution in [0.5, 0.6) is 0 Å². The van der Waals surface area contributed by atoms with E-state index in [1.165, 1.54) is 0 Å². The fourth-order valence-corrected chi connectivity index (χ4v) is 3.52. The Balaban J connectivity index is 1.73. The SMILES string of the molecule is CCCCNC(=O)C1(NC(=O)c2cc(-c3ccccc3)no2)CCCCC1. The average Bonchev–Trinajstić information content (AvgIpc) is 3.20. The third-order valence-corrected chi connectivity index (χ3v) is 5.11. The first-order valence-corrected chi connectivity index (χ1v) is 9.77. The number of carbonyl (C=O) groups excluding carboxylic acids is 2. The van der Waals surface area contributed by atoms with Crippen molar-refractivity contribution in [1.29, 1.82) is 0 Å². The second-order valence-electron chi connectivity index (χ2n) is 7.15. The summed E-state index contributed by atoms with van der Waals surface area (Å²) in [6.45, 7) is 2.71. The van der Waals surface area contributed by atoms with Crippen molar-refractivity contribution in [3.63, 3.8) is 0 Å². The van der Waals surface area contributed by atoms with Crippen molar-refractivity contribution in [2.24, 2.45) is 0 Å². The van der Waals surface area contributed by atoms with Gasteiger partial charge in [-0.3, -0.25) is 9.59 Å². The number of nitrogens with zero attached hydrogens (tertiary/aromatic N) is 1. The van der Waals surface area contributed by atoms with Crippen molar-refractivity contribution in [2.75, 3.05) is 6.54 Å². The Morgan fingerprint density at radius 1 is 1.15 bits per heavy atom. The summed E-state index contributed by atoms with van der Waals surface area (Å²) in [4.78, 5) is 25.6. The topological polar surface area (TPSA) is 84.2 Å². The van der Waals surface area contributed by atoms with Gasteiger partial charge >= 0.3 is 0 Å². The summed E-state index contributed by atoms with van der Waals surface area (Å²) in [7, 11) is 0. The molecule has 144 valence electrons. The Bertz CT molecular complexity index is 764. The summed E-state index contributed by atoms with van der Waals surface area (Å²) in [5, 5.41) is 9.93. The molecule has 1 heterocycles. The van der Waals surface area contributed by atoms with Gasteiger partial charge in [-0.1, -0.05) is 68.1 Å². The van der Waals surface area contributed by atoms with Gasteiger partial charge in [-0.05, 0) is 19.3 Å². The van der Waals surface area contributed by atoms with Crippen LogP contribution in [0.2, 0.25) is 0 Å². The summed E-state index contributed by atoms with van der Waals surface area (Å²) >= 11 is 0. The summed E-state index contributed by atoms with van der Waals surface area (Å²) in [6.07, 6.45) is 6.17. The number of carbonyl (C=O) groups is 2. The molecule has 1 saturated carbocycles. The lowest BCUT2D eigenvalue weighted by Crippen LogP contribution is -2.59. The van der Waals surface area contributed by atoms with Crippen LogP contribution in [0, 0.1) is 0 Å². The van der Waals surface area contributed by atoms with Crippen LogP contribution in [0.1, 0.15) is 62.4 Å². The summed E-state index contributed by atoms with van der Waals surface area (Å²) < 4.78 is 5.25. The van der Waals surface area contributed by atoms with E-state index in [2.05, 4.69) is 22.7 Å². The van der Waals surface area contributed by atoms with Gasteiger partial charge in [0.1, 0.15) is 11.2 Å². The molecule has 0 atom stereocenters. The molecule has 1 aliphatic carbocycles. The predicted molar refractivity (Wildman–Crippen MR) is 103 cm³/mol. The minimum atomic E-state index is -0.858. The maximum atomic E-state index is 12.8. The summed E-state index contributed by atoms with van der Waals surface area (Å²) in [5.41, 5.74) is 0.624. The van der Waals surface area contributed by atoms with Gasteiger partial charge in [0.25, 0.3) is 5.91 Å². The monoisotopic (exact) mass is 369 g/mol. The minimum absolute atomic E-state index is 0.0909. The highest BCUT2D eigenvalue weighted by Crippen LogP contribution is 2.29. The van der Waals surface area contributed by atoms with Crippen molar-refractivity contribution < 1.29 is 14.1 Å². The van der Waals surface area contributed by atoms with E-state index in [4.69, 9.17) is 4.52 Å². The molecule has 6 heteroatoms. The number of rotatable bonds is 7. The maximum Gasteiger partial charge on any atom is 0.290 e. The quantitative estimate of drug-likeness (QED) is 0.729. The third kappa shape index (κ3) is 4.56.